The molecule has 1 aromatic heterocycles. The van der Waals surface area contributed by atoms with Crippen LogP contribution in [0.3, 0.4) is 0 Å². The molecule has 1 fully saturated rings. The summed E-state index contributed by atoms with van der Waals surface area (Å²) in [5.74, 6) is 1.10. The second kappa shape index (κ2) is 9.89. The summed E-state index contributed by atoms with van der Waals surface area (Å²) in [7, 11) is 0. The number of nitrogens with zero attached hydrogens (tertiary/aromatic N) is 2. The normalized spacial score (nSPS) is 14.9. The monoisotopic (exact) mass is 383 g/mol. The SMILES string of the molecule is Cc1ccc(CN(Cc2ccc(C(=O)NCCN3CCCC3)o2)C(C)C)cc1. The van der Waals surface area contributed by atoms with Gasteiger partial charge >= 0.3 is 0 Å². The topological polar surface area (TPSA) is 48.7 Å². The molecule has 5 nitrogen and oxygen atoms in total. The highest BCUT2D eigenvalue weighted by atomic mass is 16.4. The van der Waals surface area contributed by atoms with Crippen LogP contribution >= 0.6 is 0 Å². The van der Waals surface area contributed by atoms with Crippen LogP contribution < -0.4 is 5.32 Å². The van der Waals surface area contributed by atoms with Gasteiger partial charge < -0.3 is 14.6 Å². The van der Waals surface area contributed by atoms with E-state index in [0.29, 0.717) is 24.9 Å². The van der Waals surface area contributed by atoms with Crippen molar-refractivity contribution in [1.82, 2.24) is 15.1 Å². The molecule has 0 saturated carbocycles. The summed E-state index contributed by atoms with van der Waals surface area (Å²) >= 11 is 0. The van der Waals surface area contributed by atoms with Gasteiger partial charge in [-0.1, -0.05) is 29.8 Å². The van der Waals surface area contributed by atoms with E-state index in [1.54, 1.807) is 6.07 Å². The number of nitrogens with one attached hydrogen (secondary N) is 1. The van der Waals surface area contributed by atoms with Gasteiger partial charge in [0.05, 0.1) is 6.54 Å². The van der Waals surface area contributed by atoms with Crippen molar-refractivity contribution in [3.63, 3.8) is 0 Å². The third-order valence-electron chi connectivity index (χ3n) is 5.39. The number of likely N-dealkylation sites (tertiary alicyclic amines) is 1. The fourth-order valence-corrected chi connectivity index (χ4v) is 3.56. The summed E-state index contributed by atoms with van der Waals surface area (Å²) in [5, 5.41) is 2.97. The highest BCUT2D eigenvalue weighted by molar-refractivity contribution is 5.91. The lowest BCUT2D eigenvalue weighted by Crippen LogP contribution is -2.33. The Bertz CT molecular complexity index is 745. The van der Waals surface area contributed by atoms with Crippen LogP contribution in [0.25, 0.3) is 0 Å². The summed E-state index contributed by atoms with van der Waals surface area (Å²) < 4.78 is 5.84. The molecule has 5 heteroatoms. The molecule has 1 aliphatic rings. The van der Waals surface area contributed by atoms with E-state index in [9.17, 15) is 4.79 Å². The van der Waals surface area contributed by atoms with E-state index in [0.717, 1.165) is 31.9 Å². The van der Waals surface area contributed by atoms with Crippen LogP contribution in [0.2, 0.25) is 0 Å². The quantitative estimate of drug-likeness (QED) is 0.715. The predicted octanol–water partition coefficient (Wildman–Crippen LogP) is 3.82. The number of furan rings is 1. The number of hydrogen-bond donors (Lipinski definition) is 1. The van der Waals surface area contributed by atoms with Gasteiger partial charge in [-0.15, -0.1) is 0 Å². The summed E-state index contributed by atoms with van der Waals surface area (Å²) in [6.07, 6.45) is 2.54. The number of rotatable bonds is 9. The Morgan fingerprint density at radius 3 is 2.50 bits per heavy atom. The highest BCUT2D eigenvalue weighted by Gasteiger charge is 2.17. The van der Waals surface area contributed by atoms with Gasteiger partial charge in [-0.3, -0.25) is 9.69 Å². The maximum absolute atomic E-state index is 12.3. The molecule has 152 valence electrons. The third kappa shape index (κ3) is 5.94. The average molecular weight is 384 g/mol. The van der Waals surface area contributed by atoms with Gasteiger partial charge in [0.25, 0.3) is 5.91 Å². The van der Waals surface area contributed by atoms with Crippen molar-refractivity contribution in [2.45, 2.75) is 52.7 Å². The molecular formula is C23H33N3O2. The van der Waals surface area contributed by atoms with E-state index in [2.05, 4.69) is 60.2 Å². The van der Waals surface area contributed by atoms with E-state index in [1.165, 1.54) is 24.0 Å². The van der Waals surface area contributed by atoms with Gasteiger partial charge in [-0.25, -0.2) is 0 Å². The van der Waals surface area contributed by atoms with Crippen molar-refractivity contribution in [3.8, 4) is 0 Å². The molecule has 0 spiro atoms. The number of benzene rings is 1. The van der Waals surface area contributed by atoms with E-state index in [1.807, 2.05) is 6.07 Å². The predicted molar refractivity (Wildman–Crippen MR) is 112 cm³/mol. The molecular weight excluding hydrogens is 350 g/mol. The van der Waals surface area contributed by atoms with Gasteiger partial charge in [0.15, 0.2) is 5.76 Å². The molecule has 0 atom stereocenters. The maximum Gasteiger partial charge on any atom is 0.287 e. The van der Waals surface area contributed by atoms with E-state index < -0.39 is 0 Å². The van der Waals surface area contributed by atoms with Crippen LogP contribution in [0, 0.1) is 6.92 Å². The standard InChI is InChI=1S/C23H33N3O2/c1-18(2)26(16-20-8-6-19(3)7-9-20)17-21-10-11-22(28-21)23(27)24-12-15-25-13-4-5-14-25/h6-11,18H,4-5,12-17H2,1-3H3,(H,24,27). The molecule has 2 heterocycles. The van der Waals surface area contributed by atoms with Crippen LogP contribution in [-0.2, 0) is 13.1 Å². The van der Waals surface area contributed by atoms with Gasteiger partial charge in [0.1, 0.15) is 5.76 Å². The first-order valence-corrected chi connectivity index (χ1v) is 10.4. The van der Waals surface area contributed by atoms with Crippen molar-refractivity contribution in [2.24, 2.45) is 0 Å². The molecule has 1 amide bonds. The number of carbonyl (C=O) groups is 1. The Labute approximate surface area is 168 Å². The lowest BCUT2D eigenvalue weighted by atomic mass is 10.1. The summed E-state index contributed by atoms with van der Waals surface area (Å²) in [5.41, 5.74) is 2.55. The fraction of sp³-hybridized carbons (Fsp3) is 0.522. The Kier molecular flexibility index (Phi) is 7.29. The van der Waals surface area contributed by atoms with E-state index in [4.69, 9.17) is 4.42 Å². The Hall–Kier alpha value is -2.11. The molecule has 1 N–H and O–H groups in total. The summed E-state index contributed by atoms with van der Waals surface area (Å²) in [6, 6.07) is 12.7. The summed E-state index contributed by atoms with van der Waals surface area (Å²) in [4.78, 5) is 17.1. The molecule has 28 heavy (non-hydrogen) atoms. The smallest absolute Gasteiger partial charge is 0.287 e. The third-order valence-corrected chi connectivity index (χ3v) is 5.39. The van der Waals surface area contributed by atoms with Crippen molar-refractivity contribution >= 4 is 5.91 Å². The maximum atomic E-state index is 12.3. The molecule has 0 bridgehead atoms. The first-order valence-electron chi connectivity index (χ1n) is 10.4. The molecule has 1 saturated heterocycles. The average Bonchev–Trinajstić information content (AvgIpc) is 3.35. The summed E-state index contributed by atoms with van der Waals surface area (Å²) in [6.45, 7) is 11.9. The van der Waals surface area contributed by atoms with Crippen molar-refractivity contribution in [1.29, 1.82) is 0 Å². The second-order valence-corrected chi connectivity index (χ2v) is 8.05. The highest BCUT2D eigenvalue weighted by Crippen LogP contribution is 2.16. The fourth-order valence-electron chi connectivity index (χ4n) is 3.56. The zero-order chi connectivity index (χ0) is 19.9. The molecule has 1 aliphatic heterocycles. The number of aryl methyl sites for hydroxylation is 1. The van der Waals surface area contributed by atoms with Gasteiger partial charge in [0, 0.05) is 25.7 Å². The number of carbonyl (C=O) groups excluding carboxylic acids is 1. The van der Waals surface area contributed by atoms with Gasteiger partial charge in [-0.2, -0.15) is 0 Å². The Morgan fingerprint density at radius 2 is 1.82 bits per heavy atom. The molecule has 3 rings (SSSR count). The molecule has 0 aliphatic carbocycles. The molecule has 0 radical (unpaired) electrons. The van der Waals surface area contributed by atoms with Crippen molar-refractivity contribution in [3.05, 3.63) is 59.0 Å². The zero-order valence-electron chi connectivity index (χ0n) is 17.4. The van der Waals surface area contributed by atoms with Crippen molar-refractivity contribution < 1.29 is 9.21 Å². The largest absolute Gasteiger partial charge is 0.455 e. The molecule has 0 unspecified atom stereocenters. The molecule has 2 aromatic rings. The van der Waals surface area contributed by atoms with Crippen LogP contribution in [-0.4, -0.2) is 47.9 Å². The van der Waals surface area contributed by atoms with Crippen molar-refractivity contribution in [2.75, 3.05) is 26.2 Å². The minimum Gasteiger partial charge on any atom is -0.455 e. The van der Waals surface area contributed by atoms with Gasteiger partial charge in [-0.05, 0) is 64.4 Å². The first kappa shape index (κ1) is 20.6. The zero-order valence-corrected chi connectivity index (χ0v) is 17.4. The van der Waals surface area contributed by atoms with E-state index in [-0.39, 0.29) is 5.91 Å². The van der Waals surface area contributed by atoms with Crippen LogP contribution in [0.1, 0.15) is 54.1 Å². The molecule has 1 aromatic carbocycles. The minimum atomic E-state index is -0.125. The number of amides is 1. The second-order valence-electron chi connectivity index (χ2n) is 8.05. The lowest BCUT2D eigenvalue weighted by molar-refractivity contribution is 0.0916. The minimum absolute atomic E-state index is 0.125. The van der Waals surface area contributed by atoms with E-state index >= 15 is 0 Å². The Balaban J connectivity index is 1.52. The lowest BCUT2D eigenvalue weighted by Gasteiger charge is -2.25. The Morgan fingerprint density at radius 1 is 1.11 bits per heavy atom. The van der Waals surface area contributed by atoms with Crippen LogP contribution in [0.4, 0.5) is 0 Å². The van der Waals surface area contributed by atoms with Crippen LogP contribution in [0.15, 0.2) is 40.8 Å². The van der Waals surface area contributed by atoms with Gasteiger partial charge in [0.2, 0.25) is 0 Å². The van der Waals surface area contributed by atoms with Crippen LogP contribution in [0.5, 0.6) is 0 Å². The first-order chi connectivity index (χ1) is 13.5. The number of hydrogen-bond acceptors (Lipinski definition) is 4.